The molecular weight excluding hydrogens is 194 g/mol. The molecule has 15 heavy (non-hydrogen) atoms. The van der Waals surface area contributed by atoms with Crippen molar-refractivity contribution < 1.29 is 14.6 Å². The summed E-state index contributed by atoms with van der Waals surface area (Å²) < 4.78 is 5.22. The molecule has 3 atom stereocenters. The first-order valence-electron chi connectivity index (χ1n) is 5.78. The molecule has 4 heteroatoms. The van der Waals surface area contributed by atoms with Gasteiger partial charge in [0.1, 0.15) is 5.54 Å². The highest BCUT2D eigenvalue weighted by Crippen LogP contribution is 2.52. The number of hydrogen-bond donors (Lipinski definition) is 2. The molecule has 2 aliphatic rings. The van der Waals surface area contributed by atoms with E-state index >= 15 is 0 Å². The molecule has 0 spiro atoms. The van der Waals surface area contributed by atoms with E-state index in [1.165, 1.54) is 0 Å². The fourth-order valence-electron chi connectivity index (χ4n) is 2.42. The van der Waals surface area contributed by atoms with Crippen molar-refractivity contribution in [1.82, 2.24) is 5.32 Å². The number of aliphatic hydroxyl groups excluding tert-OH is 1. The van der Waals surface area contributed by atoms with Crippen molar-refractivity contribution in [2.45, 2.75) is 44.2 Å². The Morgan fingerprint density at radius 2 is 2.47 bits per heavy atom. The van der Waals surface area contributed by atoms with Crippen LogP contribution < -0.4 is 5.32 Å². The zero-order chi connectivity index (χ0) is 10.9. The first-order valence-corrected chi connectivity index (χ1v) is 5.78. The minimum absolute atomic E-state index is 0.0856. The predicted octanol–water partition coefficient (Wildman–Crippen LogP) is 0.443. The highest BCUT2D eigenvalue weighted by Gasteiger charge is 2.66. The van der Waals surface area contributed by atoms with Gasteiger partial charge in [-0.05, 0) is 25.2 Å². The Morgan fingerprint density at radius 1 is 1.67 bits per heavy atom. The average Bonchev–Trinajstić information content (AvgIpc) is 2.82. The maximum atomic E-state index is 11.8. The van der Waals surface area contributed by atoms with Crippen molar-refractivity contribution in [2.75, 3.05) is 13.2 Å². The quantitative estimate of drug-likeness (QED) is 0.514. The van der Waals surface area contributed by atoms with Crippen molar-refractivity contribution in [3.05, 3.63) is 0 Å². The molecule has 1 saturated carbocycles. The predicted molar refractivity (Wildman–Crippen MR) is 55.3 cm³/mol. The Labute approximate surface area is 90.0 Å². The number of carbonyl (C=O) groups is 1. The summed E-state index contributed by atoms with van der Waals surface area (Å²) in [6, 6.07) is 0.0856. The van der Waals surface area contributed by atoms with Gasteiger partial charge in [-0.25, -0.2) is 0 Å². The molecule has 4 nitrogen and oxygen atoms in total. The van der Waals surface area contributed by atoms with Gasteiger partial charge in [0.05, 0.1) is 13.2 Å². The van der Waals surface area contributed by atoms with E-state index in [-0.39, 0.29) is 18.6 Å². The number of aliphatic hydroxyl groups is 1. The van der Waals surface area contributed by atoms with Crippen molar-refractivity contribution >= 4 is 5.97 Å². The lowest BCUT2D eigenvalue weighted by molar-refractivity contribution is -0.147. The summed E-state index contributed by atoms with van der Waals surface area (Å²) in [6.07, 6.45) is 3.75. The van der Waals surface area contributed by atoms with Crippen LogP contribution in [0, 0.1) is 5.92 Å². The molecule has 1 saturated heterocycles. The Hall–Kier alpha value is -0.610. The zero-order valence-electron chi connectivity index (χ0n) is 9.16. The van der Waals surface area contributed by atoms with E-state index in [9.17, 15) is 4.79 Å². The third kappa shape index (κ3) is 1.88. The molecule has 1 aliphatic carbocycles. The summed E-state index contributed by atoms with van der Waals surface area (Å²) >= 11 is 0. The number of ether oxygens (including phenoxy) is 1. The van der Waals surface area contributed by atoms with Crippen molar-refractivity contribution in [2.24, 2.45) is 5.92 Å². The van der Waals surface area contributed by atoms with Crippen LogP contribution in [0.15, 0.2) is 0 Å². The maximum Gasteiger partial charge on any atom is 0.326 e. The van der Waals surface area contributed by atoms with E-state index in [0.29, 0.717) is 12.5 Å². The topological polar surface area (TPSA) is 58.6 Å². The van der Waals surface area contributed by atoms with E-state index in [1.54, 1.807) is 0 Å². The Kier molecular flexibility index (Phi) is 2.98. The average molecular weight is 213 g/mol. The summed E-state index contributed by atoms with van der Waals surface area (Å²) in [4.78, 5) is 11.8. The highest BCUT2D eigenvalue weighted by molar-refractivity contribution is 5.86. The Bertz CT molecular complexity index is 256. The molecule has 0 aromatic carbocycles. The third-order valence-electron chi connectivity index (χ3n) is 3.45. The Morgan fingerprint density at radius 3 is 3.07 bits per heavy atom. The SMILES string of the molecule is CCCCOC(=O)C12CC1CC(CO)N2. The van der Waals surface area contributed by atoms with Gasteiger partial charge >= 0.3 is 5.97 Å². The molecule has 1 aliphatic heterocycles. The molecule has 2 fully saturated rings. The summed E-state index contributed by atoms with van der Waals surface area (Å²) in [7, 11) is 0. The highest BCUT2D eigenvalue weighted by atomic mass is 16.5. The van der Waals surface area contributed by atoms with Crippen LogP contribution in [0.1, 0.15) is 32.6 Å². The van der Waals surface area contributed by atoms with Crippen molar-refractivity contribution in [1.29, 1.82) is 0 Å². The minimum atomic E-state index is -0.429. The molecule has 0 aromatic heterocycles. The van der Waals surface area contributed by atoms with E-state index in [0.717, 1.165) is 25.7 Å². The molecule has 86 valence electrons. The lowest BCUT2D eigenvalue weighted by Gasteiger charge is -2.16. The lowest BCUT2D eigenvalue weighted by Crippen LogP contribution is -2.43. The number of fused-ring (bicyclic) bond motifs is 1. The molecule has 2 N–H and O–H groups in total. The smallest absolute Gasteiger partial charge is 0.326 e. The molecule has 0 bridgehead atoms. The van der Waals surface area contributed by atoms with Crippen LogP contribution in [0.2, 0.25) is 0 Å². The van der Waals surface area contributed by atoms with Gasteiger partial charge in [0.2, 0.25) is 0 Å². The van der Waals surface area contributed by atoms with Crippen LogP contribution in [0.3, 0.4) is 0 Å². The number of carbonyl (C=O) groups excluding carboxylic acids is 1. The fraction of sp³-hybridized carbons (Fsp3) is 0.909. The fourth-order valence-corrected chi connectivity index (χ4v) is 2.42. The number of hydrogen-bond acceptors (Lipinski definition) is 4. The third-order valence-corrected chi connectivity index (χ3v) is 3.45. The second kappa shape index (κ2) is 4.10. The largest absolute Gasteiger partial charge is 0.464 e. The number of piperidine rings is 1. The van der Waals surface area contributed by atoms with E-state index in [4.69, 9.17) is 9.84 Å². The molecule has 1 heterocycles. The summed E-state index contributed by atoms with van der Waals surface area (Å²) in [6.45, 7) is 2.71. The van der Waals surface area contributed by atoms with Gasteiger partial charge in [0, 0.05) is 6.04 Å². The van der Waals surface area contributed by atoms with Gasteiger partial charge in [0.25, 0.3) is 0 Å². The summed E-state index contributed by atoms with van der Waals surface area (Å²) in [5.74, 6) is 0.278. The van der Waals surface area contributed by atoms with E-state index in [2.05, 4.69) is 12.2 Å². The van der Waals surface area contributed by atoms with E-state index in [1.807, 2.05) is 0 Å². The monoisotopic (exact) mass is 213 g/mol. The molecule has 3 unspecified atom stereocenters. The Balaban J connectivity index is 1.81. The van der Waals surface area contributed by atoms with Crippen molar-refractivity contribution in [3.8, 4) is 0 Å². The van der Waals surface area contributed by atoms with Crippen LogP contribution in [-0.2, 0) is 9.53 Å². The molecule has 0 aromatic rings. The summed E-state index contributed by atoms with van der Waals surface area (Å²) in [5, 5.41) is 12.2. The normalized spacial score (nSPS) is 37.5. The lowest BCUT2D eigenvalue weighted by atomic mass is 10.2. The van der Waals surface area contributed by atoms with Crippen LogP contribution in [0.5, 0.6) is 0 Å². The first-order chi connectivity index (χ1) is 7.23. The second-order valence-electron chi connectivity index (χ2n) is 4.62. The van der Waals surface area contributed by atoms with Crippen LogP contribution >= 0.6 is 0 Å². The second-order valence-corrected chi connectivity index (χ2v) is 4.62. The molecule has 0 radical (unpaired) electrons. The van der Waals surface area contributed by atoms with Crippen LogP contribution in [0.4, 0.5) is 0 Å². The van der Waals surface area contributed by atoms with Gasteiger partial charge in [0.15, 0.2) is 0 Å². The van der Waals surface area contributed by atoms with Crippen LogP contribution in [0.25, 0.3) is 0 Å². The van der Waals surface area contributed by atoms with Gasteiger partial charge in [-0.3, -0.25) is 10.1 Å². The van der Waals surface area contributed by atoms with Gasteiger partial charge in [-0.15, -0.1) is 0 Å². The van der Waals surface area contributed by atoms with Gasteiger partial charge in [-0.1, -0.05) is 13.3 Å². The zero-order valence-corrected chi connectivity index (χ0v) is 9.16. The van der Waals surface area contributed by atoms with Crippen LogP contribution in [-0.4, -0.2) is 35.9 Å². The maximum absolute atomic E-state index is 11.8. The number of nitrogens with one attached hydrogen (secondary N) is 1. The molecule has 2 rings (SSSR count). The summed E-state index contributed by atoms with van der Waals surface area (Å²) in [5.41, 5.74) is -0.429. The molecule has 0 amide bonds. The van der Waals surface area contributed by atoms with Crippen molar-refractivity contribution in [3.63, 3.8) is 0 Å². The number of esters is 1. The number of rotatable bonds is 5. The standard InChI is InChI=1S/C11H19NO3/c1-2-3-4-15-10(14)11-6-8(11)5-9(7-13)12-11/h8-9,12-13H,2-7H2,1H3. The minimum Gasteiger partial charge on any atom is -0.464 e. The molecular formula is C11H19NO3. The van der Waals surface area contributed by atoms with Gasteiger partial charge < -0.3 is 9.84 Å². The first kappa shape index (κ1) is 10.9. The van der Waals surface area contributed by atoms with E-state index < -0.39 is 5.54 Å². The van der Waals surface area contributed by atoms with Gasteiger partial charge in [-0.2, -0.15) is 0 Å². The number of unbranched alkanes of at least 4 members (excludes halogenated alkanes) is 1.